The highest BCUT2D eigenvalue weighted by molar-refractivity contribution is 6.08. The van der Waals surface area contributed by atoms with Crippen molar-refractivity contribution in [1.82, 2.24) is 9.97 Å². The molecule has 8 heteroatoms. The second kappa shape index (κ2) is 8.11. The lowest BCUT2D eigenvalue weighted by Gasteiger charge is -2.32. The standard InChI is InChI=1S/C24H25N5O3/c1-14-6-5-11-29(13-14)24-27-21-20(23(32)28-24)17(12-19(30)26-21)22(31)25-18-10-4-8-15-7-2-3-9-16(15)18/h2-4,7-10,14,17H,5-6,11-13H2,1H3,(H,25,31)(H2,26,27,28,30,32)/t14-,17+/m0/s1. The molecule has 5 rings (SSSR count). The number of fused-ring (bicyclic) bond motifs is 2. The molecular weight excluding hydrogens is 406 g/mol. The van der Waals surface area contributed by atoms with Gasteiger partial charge in [-0.3, -0.25) is 19.4 Å². The molecule has 2 aromatic carbocycles. The molecule has 1 aromatic heterocycles. The van der Waals surface area contributed by atoms with E-state index in [4.69, 9.17) is 0 Å². The molecule has 3 N–H and O–H groups in total. The number of aromatic nitrogens is 2. The Kier molecular flexibility index (Phi) is 5.13. The SMILES string of the molecule is C[C@H]1CCCN(c2nc3c(c(=O)[nH]2)[C@H](C(=O)Nc2cccc4ccccc24)CC(=O)N3)C1. The van der Waals surface area contributed by atoms with Gasteiger partial charge in [0, 0.05) is 30.6 Å². The number of nitrogens with one attached hydrogen (secondary N) is 3. The van der Waals surface area contributed by atoms with Gasteiger partial charge < -0.3 is 15.5 Å². The van der Waals surface area contributed by atoms with Gasteiger partial charge >= 0.3 is 0 Å². The van der Waals surface area contributed by atoms with Gasteiger partial charge in [0.15, 0.2) is 0 Å². The summed E-state index contributed by atoms with van der Waals surface area (Å²) in [6.45, 7) is 3.75. The Morgan fingerprint density at radius 2 is 1.97 bits per heavy atom. The number of carbonyl (C=O) groups is 2. The smallest absolute Gasteiger partial charge is 0.258 e. The summed E-state index contributed by atoms with van der Waals surface area (Å²) in [6, 6.07) is 13.4. The minimum atomic E-state index is -0.914. The minimum Gasteiger partial charge on any atom is -0.342 e. The highest BCUT2D eigenvalue weighted by Crippen LogP contribution is 2.32. The van der Waals surface area contributed by atoms with Crippen LogP contribution >= 0.6 is 0 Å². The van der Waals surface area contributed by atoms with Crippen molar-refractivity contribution in [3.05, 3.63) is 58.4 Å². The van der Waals surface area contributed by atoms with Crippen LogP contribution in [0.25, 0.3) is 10.8 Å². The third-order valence-electron chi connectivity index (χ3n) is 6.26. The van der Waals surface area contributed by atoms with E-state index in [9.17, 15) is 14.4 Å². The topological polar surface area (TPSA) is 107 Å². The Morgan fingerprint density at radius 3 is 2.81 bits per heavy atom. The minimum absolute atomic E-state index is 0.103. The molecule has 2 aliphatic heterocycles. The Balaban J connectivity index is 1.48. The number of hydrogen-bond acceptors (Lipinski definition) is 5. The monoisotopic (exact) mass is 431 g/mol. The van der Waals surface area contributed by atoms with E-state index < -0.39 is 11.8 Å². The quantitative estimate of drug-likeness (QED) is 0.590. The maximum absolute atomic E-state index is 13.2. The van der Waals surface area contributed by atoms with E-state index in [1.807, 2.05) is 47.4 Å². The first kappa shape index (κ1) is 20.2. The molecule has 2 aliphatic rings. The molecular formula is C24H25N5O3. The van der Waals surface area contributed by atoms with E-state index in [0.717, 1.165) is 36.7 Å². The van der Waals surface area contributed by atoms with Crippen LogP contribution in [0.5, 0.6) is 0 Å². The Hall–Kier alpha value is -3.68. The van der Waals surface area contributed by atoms with Crippen LogP contribution in [0.15, 0.2) is 47.3 Å². The summed E-state index contributed by atoms with van der Waals surface area (Å²) in [6.07, 6.45) is 2.05. The summed E-state index contributed by atoms with van der Waals surface area (Å²) in [5.41, 5.74) is 0.460. The predicted molar refractivity (Wildman–Crippen MR) is 124 cm³/mol. The van der Waals surface area contributed by atoms with Gasteiger partial charge in [-0.25, -0.2) is 0 Å². The van der Waals surface area contributed by atoms with Gasteiger partial charge in [-0.05, 0) is 30.2 Å². The Morgan fingerprint density at radius 1 is 1.16 bits per heavy atom. The third-order valence-corrected chi connectivity index (χ3v) is 6.26. The van der Waals surface area contributed by atoms with Crippen LogP contribution < -0.4 is 21.1 Å². The maximum atomic E-state index is 13.2. The van der Waals surface area contributed by atoms with E-state index in [2.05, 4.69) is 27.5 Å². The van der Waals surface area contributed by atoms with Gasteiger partial charge in [-0.2, -0.15) is 4.98 Å². The van der Waals surface area contributed by atoms with Gasteiger partial charge in [-0.1, -0.05) is 43.3 Å². The molecule has 0 unspecified atom stereocenters. The average molecular weight is 431 g/mol. The second-order valence-electron chi connectivity index (χ2n) is 8.67. The van der Waals surface area contributed by atoms with Crippen molar-refractivity contribution in [2.45, 2.75) is 32.1 Å². The second-order valence-corrected chi connectivity index (χ2v) is 8.67. The van der Waals surface area contributed by atoms with Crippen molar-refractivity contribution in [3.8, 4) is 0 Å². The molecule has 0 spiro atoms. The molecule has 3 heterocycles. The summed E-state index contributed by atoms with van der Waals surface area (Å²) in [5.74, 6) is -0.523. The number of piperidine rings is 1. The number of hydrogen-bond donors (Lipinski definition) is 3. The zero-order chi connectivity index (χ0) is 22.2. The number of carbonyl (C=O) groups excluding carboxylic acids is 2. The lowest BCUT2D eigenvalue weighted by atomic mass is 9.92. The summed E-state index contributed by atoms with van der Waals surface area (Å²) in [7, 11) is 0. The summed E-state index contributed by atoms with van der Waals surface area (Å²) in [4.78, 5) is 48.1. The number of anilines is 3. The van der Waals surface area contributed by atoms with Crippen molar-refractivity contribution in [2.24, 2.45) is 5.92 Å². The molecule has 3 aromatic rings. The molecule has 0 saturated carbocycles. The average Bonchev–Trinajstić information content (AvgIpc) is 2.78. The maximum Gasteiger partial charge on any atom is 0.258 e. The molecule has 8 nitrogen and oxygen atoms in total. The van der Waals surface area contributed by atoms with E-state index in [1.165, 1.54) is 0 Å². The van der Waals surface area contributed by atoms with Crippen LogP contribution in [0, 0.1) is 5.92 Å². The van der Waals surface area contributed by atoms with Crippen LogP contribution in [-0.4, -0.2) is 34.9 Å². The number of aromatic amines is 1. The number of benzene rings is 2. The molecule has 2 atom stereocenters. The molecule has 0 bridgehead atoms. The lowest BCUT2D eigenvalue weighted by Crippen LogP contribution is -2.40. The van der Waals surface area contributed by atoms with Crippen LogP contribution in [0.2, 0.25) is 0 Å². The van der Waals surface area contributed by atoms with Gasteiger partial charge in [0.05, 0.1) is 11.5 Å². The van der Waals surface area contributed by atoms with Gasteiger partial charge in [-0.15, -0.1) is 0 Å². The Bertz CT molecular complexity index is 1260. The molecule has 1 saturated heterocycles. The first-order valence-electron chi connectivity index (χ1n) is 11.0. The van der Waals surface area contributed by atoms with E-state index in [0.29, 0.717) is 17.6 Å². The number of amides is 2. The zero-order valence-corrected chi connectivity index (χ0v) is 17.9. The van der Waals surface area contributed by atoms with Gasteiger partial charge in [0.2, 0.25) is 17.8 Å². The predicted octanol–water partition coefficient (Wildman–Crippen LogP) is 3.22. The largest absolute Gasteiger partial charge is 0.342 e. The van der Waals surface area contributed by atoms with Crippen LogP contribution in [0.4, 0.5) is 17.5 Å². The summed E-state index contributed by atoms with van der Waals surface area (Å²) in [5, 5.41) is 7.50. The Labute approximate surface area is 185 Å². The van der Waals surface area contributed by atoms with Crippen LogP contribution in [-0.2, 0) is 9.59 Å². The lowest BCUT2D eigenvalue weighted by molar-refractivity contribution is -0.123. The highest BCUT2D eigenvalue weighted by atomic mass is 16.2. The number of nitrogens with zero attached hydrogens (tertiary/aromatic N) is 2. The molecule has 164 valence electrons. The van der Waals surface area contributed by atoms with Gasteiger partial charge in [0.1, 0.15) is 5.82 Å². The number of rotatable bonds is 3. The van der Waals surface area contributed by atoms with E-state index in [-0.39, 0.29) is 29.3 Å². The van der Waals surface area contributed by atoms with Crippen LogP contribution in [0.3, 0.4) is 0 Å². The number of H-pyrrole nitrogens is 1. The fourth-order valence-electron chi connectivity index (χ4n) is 4.67. The van der Waals surface area contributed by atoms with Crippen molar-refractivity contribution >= 4 is 40.0 Å². The molecule has 0 radical (unpaired) electrons. The van der Waals surface area contributed by atoms with Gasteiger partial charge in [0.25, 0.3) is 5.56 Å². The molecule has 1 fully saturated rings. The van der Waals surface area contributed by atoms with Crippen molar-refractivity contribution < 1.29 is 9.59 Å². The highest BCUT2D eigenvalue weighted by Gasteiger charge is 2.35. The molecule has 32 heavy (non-hydrogen) atoms. The first-order chi connectivity index (χ1) is 15.5. The van der Waals surface area contributed by atoms with Crippen molar-refractivity contribution in [1.29, 1.82) is 0 Å². The molecule has 0 aliphatic carbocycles. The fraction of sp³-hybridized carbons (Fsp3) is 0.333. The van der Waals surface area contributed by atoms with Crippen molar-refractivity contribution in [3.63, 3.8) is 0 Å². The van der Waals surface area contributed by atoms with Crippen molar-refractivity contribution in [2.75, 3.05) is 28.6 Å². The third kappa shape index (κ3) is 3.72. The normalized spacial score (nSPS) is 20.5. The van der Waals surface area contributed by atoms with E-state index in [1.54, 1.807) is 0 Å². The fourth-order valence-corrected chi connectivity index (χ4v) is 4.67. The van der Waals surface area contributed by atoms with E-state index >= 15 is 0 Å². The zero-order valence-electron chi connectivity index (χ0n) is 17.9. The molecule has 2 amide bonds. The summed E-state index contributed by atoms with van der Waals surface area (Å²) < 4.78 is 0. The van der Waals surface area contributed by atoms with Crippen LogP contribution in [0.1, 0.15) is 37.7 Å². The first-order valence-corrected chi connectivity index (χ1v) is 11.0. The summed E-state index contributed by atoms with van der Waals surface area (Å²) >= 11 is 0.